The third kappa shape index (κ3) is 2.20. The highest BCUT2D eigenvalue weighted by atomic mass is 35.5. The highest BCUT2D eigenvalue weighted by molar-refractivity contribution is 7.93. The van der Waals surface area contributed by atoms with E-state index in [9.17, 15) is 13.2 Å². The minimum atomic E-state index is -2.89. The van der Waals surface area contributed by atoms with Crippen LogP contribution in [0.3, 0.4) is 0 Å². The predicted molar refractivity (Wildman–Crippen MR) is 62.2 cm³/mol. The summed E-state index contributed by atoms with van der Waals surface area (Å²) in [5, 5.41) is 2.41. The van der Waals surface area contributed by atoms with Crippen LogP contribution < -0.4 is 5.32 Å². The highest BCUT2D eigenvalue weighted by Crippen LogP contribution is 2.38. The first kappa shape index (κ1) is 12.2. The number of hydrogen-bond acceptors (Lipinski definition) is 3. The van der Waals surface area contributed by atoms with E-state index in [0.29, 0.717) is 25.1 Å². The van der Waals surface area contributed by atoms with E-state index in [4.69, 9.17) is 11.6 Å². The first-order valence-electron chi connectivity index (χ1n) is 5.62. The number of rotatable bonds is 3. The van der Waals surface area contributed by atoms with E-state index in [1.807, 2.05) is 0 Å². The van der Waals surface area contributed by atoms with Crippen molar-refractivity contribution < 1.29 is 13.2 Å². The summed E-state index contributed by atoms with van der Waals surface area (Å²) in [5.74, 6) is 0.239. The quantitative estimate of drug-likeness (QED) is 0.769. The summed E-state index contributed by atoms with van der Waals surface area (Å²) in [5.41, 5.74) is 0. The lowest BCUT2D eigenvalue weighted by molar-refractivity contribution is -0.121. The Morgan fingerprint density at radius 1 is 1.25 bits per heavy atom. The van der Waals surface area contributed by atoms with Gasteiger partial charge in [-0.05, 0) is 25.7 Å². The first-order chi connectivity index (χ1) is 7.54. The summed E-state index contributed by atoms with van der Waals surface area (Å²) >= 11 is 5.47. The zero-order chi connectivity index (χ0) is 11.8. The van der Waals surface area contributed by atoms with E-state index < -0.39 is 9.84 Å². The van der Waals surface area contributed by atoms with Crippen molar-refractivity contribution in [2.45, 2.75) is 48.6 Å². The third-order valence-corrected chi connectivity index (χ3v) is 6.43. The molecule has 2 atom stereocenters. The molecule has 2 saturated heterocycles. The molecule has 2 heterocycles. The van der Waals surface area contributed by atoms with Crippen LogP contribution in [0.1, 0.15) is 32.1 Å². The van der Waals surface area contributed by atoms with Crippen LogP contribution in [-0.4, -0.2) is 36.7 Å². The molecule has 4 nitrogen and oxygen atoms in total. The summed E-state index contributed by atoms with van der Waals surface area (Å²) in [6.07, 6.45) is 2.98. The Kier molecular flexibility index (Phi) is 3.45. The number of halogens is 1. The fraction of sp³-hybridized carbons (Fsp3) is 0.900. The van der Waals surface area contributed by atoms with E-state index in [-0.39, 0.29) is 22.4 Å². The zero-order valence-electron chi connectivity index (χ0n) is 8.99. The first-order valence-corrected chi connectivity index (χ1v) is 7.76. The maximum atomic E-state index is 11.8. The van der Waals surface area contributed by atoms with Crippen molar-refractivity contribution in [3.63, 3.8) is 0 Å². The lowest BCUT2D eigenvalue weighted by atomic mass is 10.1. The molecule has 2 unspecified atom stereocenters. The predicted octanol–water partition coefficient (Wildman–Crippen LogP) is 0.840. The van der Waals surface area contributed by atoms with Crippen LogP contribution in [0.2, 0.25) is 0 Å². The standard InChI is InChI=1S/C10H16ClNO3S/c11-4-3-10(13)12-7-5-8-1-2-9(6-7)16(8,14)15/h7-9H,1-6H2,(H,12,13). The van der Waals surface area contributed by atoms with Crippen molar-refractivity contribution >= 4 is 27.3 Å². The Labute approximate surface area is 101 Å². The van der Waals surface area contributed by atoms with Gasteiger partial charge in [0.25, 0.3) is 0 Å². The van der Waals surface area contributed by atoms with Crippen LogP contribution >= 0.6 is 11.6 Å². The Morgan fingerprint density at radius 2 is 1.81 bits per heavy atom. The van der Waals surface area contributed by atoms with Gasteiger partial charge in [0, 0.05) is 18.3 Å². The Balaban J connectivity index is 1.96. The molecule has 0 radical (unpaired) electrons. The largest absolute Gasteiger partial charge is 0.353 e. The molecule has 2 aliphatic heterocycles. The number of carbonyl (C=O) groups excluding carboxylic acids is 1. The van der Waals surface area contributed by atoms with Gasteiger partial charge in [-0.25, -0.2) is 8.42 Å². The Morgan fingerprint density at radius 3 is 2.31 bits per heavy atom. The molecule has 2 fully saturated rings. The van der Waals surface area contributed by atoms with Crippen molar-refractivity contribution in [3.8, 4) is 0 Å². The number of sulfone groups is 1. The molecule has 16 heavy (non-hydrogen) atoms. The molecule has 0 spiro atoms. The number of amides is 1. The molecule has 2 aliphatic rings. The van der Waals surface area contributed by atoms with Gasteiger partial charge in [-0.15, -0.1) is 11.6 Å². The molecule has 2 bridgehead atoms. The van der Waals surface area contributed by atoms with Gasteiger partial charge in [-0.2, -0.15) is 0 Å². The lowest BCUT2D eigenvalue weighted by Gasteiger charge is -2.28. The number of alkyl halides is 1. The van der Waals surface area contributed by atoms with Crippen LogP contribution in [0.25, 0.3) is 0 Å². The maximum absolute atomic E-state index is 11.8. The van der Waals surface area contributed by atoms with Gasteiger partial charge >= 0.3 is 0 Å². The van der Waals surface area contributed by atoms with E-state index in [2.05, 4.69) is 5.32 Å². The van der Waals surface area contributed by atoms with Gasteiger partial charge < -0.3 is 5.32 Å². The summed E-state index contributed by atoms with van der Waals surface area (Å²) in [7, 11) is -2.89. The normalized spacial score (nSPS) is 35.9. The molecule has 92 valence electrons. The maximum Gasteiger partial charge on any atom is 0.221 e. The van der Waals surface area contributed by atoms with Gasteiger partial charge in [-0.1, -0.05) is 0 Å². The monoisotopic (exact) mass is 265 g/mol. The van der Waals surface area contributed by atoms with Gasteiger partial charge in [0.15, 0.2) is 9.84 Å². The van der Waals surface area contributed by atoms with E-state index >= 15 is 0 Å². The van der Waals surface area contributed by atoms with Crippen molar-refractivity contribution in [1.82, 2.24) is 5.32 Å². The minimum absolute atomic E-state index is 0.0248. The smallest absolute Gasteiger partial charge is 0.221 e. The molecule has 1 N–H and O–H groups in total. The fourth-order valence-electron chi connectivity index (χ4n) is 2.71. The second kappa shape index (κ2) is 4.53. The molecule has 0 aromatic heterocycles. The molecule has 0 saturated carbocycles. The topological polar surface area (TPSA) is 63.2 Å². The average molecular weight is 266 g/mol. The number of hydrogen-bond donors (Lipinski definition) is 1. The third-order valence-electron chi connectivity index (χ3n) is 3.52. The van der Waals surface area contributed by atoms with Crippen molar-refractivity contribution in [1.29, 1.82) is 0 Å². The second-order valence-corrected chi connectivity index (χ2v) is 7.47. The van der Waals surface area contributed by atoms with Gasteiger partial charge in [-0.3, -0.25) is 4.79 Å². The summed E-state index contributed by atoms with van der Waals surface area (Å²) in [4.78, 5) is 11.4. The molecule has 0 aliphatic carbocycles. The van der Waals surface area contributed by atoms with Crippen LogP contribution in [-0.2, 0) is 14.6 Å². The van der Waals surface area contributed by atoms with Gasteiger partial charge in [0.1, 0.15) is 0 Å². The molecule has 6 heteroatoms. The van der Waals surface area contributed by atoms with Crippen LogP contribution in [0.15, 0.2) is 0 Å². The van der Waals surface area contributed by atoms with E-state index in [1.54, 1.807) is 0 Å². The molecule has 2 rings (SSSR count). The average Bonchev–Trinajstić information content (AvgIpc) is 2.40. The van der Waals surface area contributed by atoms with E-state index in [0.717, 1.165) is 12.8 Å². The van der Waals surface area contributed by atoms with Gasteiger partial charge in [0.05, 0.1) is 10.5 Å². The van der Waals surface area contributed by atoms with Crippen molar-refractivity contribution in [2.75, 3.05) is 5.88 Å². The van der Waals surface area contributed by atoms with Crippen LogP contribution in [0.5, 0.6) is 0 Å². The lowest BCUT2D eigenvalue weighted by Crippen LogP contribution is -2.45. The minimum Gasteiger partial charge on any atom is -0.353 e. The molecular formula is C10H16ClNO3S. The van der Waals surface area contributed by atoms with Crippen LogP contribution in [0.4, 0.5) is 0 Å². The highest BCUT2D eigenvalue weighted by Gasteiger charge is 2.46. The van der Waals surface area contributed by atoms with Crippen molar-refractivity contribution in [3.05, 3.63) is 0 Å². The van der Waals surface area contributed by atoms with Gasteiger partial charge in [0.2, 0.25) is 5.91 Å². The zero-order valence-corrected chi connectivity index (χ0v) is 10.6. The second-order valence-electron chi connectivity index (χ2n) is 4.59. The van der Waals surface area contributed by atoms with E-state index in [1.165, 1.54) is 0 Å². The Bertz CT molecular complexity index is 362. The number of nitrogens with one attached hydrogen (secondary N) is 1. The molecule has 0 aromatic rings. The SMILES string of the molecule is O=C(CCCl)NC1CC2CCC(C1)S2(=O)=O. The van der Waals surface area contributed by atoms with Crippen molar-refractivity contribution in [2.24, 2.45) is 0 Å². The summed E-state index contributed by atoms with van der Waals surface area (Å²) in [6.45, 7) is 0. The Hall–Kier alpha value is -0.290. The molecule has 1 amide bonds. The summed E-state index contributed by atoms with van der Waals surface area (Å²) < 4.78 is 23.6. The van der Waals surface area contributed by atoms with Crippen LogP contribution in [0, 0.1) is 0 Å². The number of carbonyl (C=O) groups is 1. The fourth-order valence-corrected chi connectivity index (χ4v) is 5.36. The molecule has 0 aromatic carbocycles. The summed E-state index contributed by atoms with van der Waals surface area (Å²) in [6, 6.07) is 0.0248. The number of fused-ring (bicyclic) bond motifs is 2. The molecular weight excluding hydrogens is 250 g/mol.